The minimum Gasteiger partial charge on any atom is -0.214 e. The first-order valence-corrected chi connectivity index (χ1v) is 62.7. The van der Waals surface area contributed by atoms with Crippen molar-refractivity contribution in [3.63, 3.8) is 0 Å². The van der Waals surface area contributed by atoms with E-state index in [4.69, 9.17) is 0 Å². The number of aryl methyl sites for hydroxylation is 9. The highest BCUT2D eigenvalue weighted by molar-refractivity contribution is 7.91. The molecule has 0 aliphatic heterocycles. The zero-order valence-electron chi connectivity index (χ0n) is 87.3. The first-order valence-electron chi connectivity index (χ1n) is 49.4. The number of sulfonamides is 9. The Labute approximate surface area is 857 Å². The molecule has 9 aromatic carbocycles. The number of rotatable bonds is 46. The summed E-state index contributed by atoms with van der Waals surface area (Å²) >= 11 is 0. The van der Waals surface area contributed by atoms with Crippen LogP contribution in [0.5, 0.6) is 0 Å². The van der Waals surface area contributed by atoms with Gasteiger partial charge in [-0.05, 0) is 241 Å². The van der Waals surface area contributed by atoms with Crippen LogP contribution in [-0.4, -0.2) is 135 Å². The Hall–Kier alpha value is -7.83. The van der Waals surface area contributed by atoms with Crippen LogP contribution in [0, 0.1) is 80.1 Å². The lowest BCUT2D eigenvalue weighted by molar-refractivity contribution is 0.357. The van der Waals surface area contributed by atoms with Crippen molar-refractivity contribution in [1.29, 1.82) is 0 Å². The molecule has 1 aliphatic rings. The average molecular weight is 2140 g/mol. The molecular formula is C106H165N9O18S9. The molecule has 142 heavy (non-hydrogen) atoms. The van der Waals surface area contributed by atoms with Crippen molar-refractivity contribution in [2.45, 2.75) is 310 Å². The zero-order valence-corrected chi connectivity index (χ0v) is 94.6. The van der Waals surface area contributed by atoms with E-state index in [0.29, 0.717) is 114 Å². The van der Waals surface area contributed by atoms with Gasteiger partial charge in [-0.25, -0.2) is 118 Å². The standard InChI is InChI=1S/C15H25NO2S.C14H21NO2S.2C14H23NO2S.2C11H17NO2S.C10H15NO2S.C9H13NO2S.C8H11NO2S/c1-4-6-7-14(5-2)12-16-19(17,18)15-10-8-13(3)9-11-15;1-12-7-9-14(10-8-12)18(16,17)15-11-13-5-3-2-4-6-13;2*1-3-4-5-6-7-12-15-18(16,17)14-10-8-13(2)9-11-14;1-9(2)8-12-15(13,14)11-6-4-10(3)5-7-11;1-3-4-9-12-15(13,14)11-7-5-10(2)6-8-11;1-3-8-11-14(12,13)10-6-4-9(2)5-7-10;1-3-10-13(11,12)9-6-4-8(2)5-7-9;1-7-3-5-8(6-4-7)12(10,11)9-2/h8-11,14,16H,4-7,12H2,1-3H3;7-10,13,15H,2-6,11H2,1H3;2*8-11,15H,3-7,12H2,1-2H3;4-7,9,12H,8H2,1-3H3;5-8,12H,3-4,9H2,1-2H3;4-7,11H,3,8H2,1-2H3;4-7,10H,3H2,1-2H3;3-6,9H,1-2H3. The van der Waals surface area contributed by atoms with Gasteiger partial charge in [-0.3, -0.25) is 0 Å². The highest BCUT2D eigenvalue weighted by atomic mass is 32.2. The first-order chi connectivity index (χ1) is 66.8. The van der Waals surface area contributed by atoms with Crippen LogP contribution in [-0.2, 0) is 90.2 Å². The number of hydrogen-bond donors (Lipinski definition) is 9. The Morgan fingerprint density at radius 3 is 0.704 bits per heavy atom. The second kappa shape index (κ2) is 68.6. The third-order valence-electron chi connectivity index (χ3n) is 22.2. The molecule has 796 valence electrons. The van der Waals surface area contributed by atoms with E-state index in [-0.39, 0.29) is 0 Å². The molecule has 0 amide bonds. The predicted molar refractivity (Wildman–Crippen MR) is 581 cm³/mol. The summed E-state index contributed by atoms with van der Waals surface area (Å²) in [7, 11) is -28.4. The van der Waals surface area contributed by atoms with Crippen molar-refractivity contribution >= 4 is 90.2 Å². The van der Waals surface area contributed by atoms with Gasteiger partial charge in [0.05, 0.1) is 44.1 Å². The maximum Gasteiger partial charge on any atom is 0.240 e. The van der Waals surface area contributed by atoms with Crippen molar-refractivity contribution in [2.75, 3.05) is 59.4 Å². The van der Waals surface area contributed by atoms with E-state index >= 15 is 0 Å². The second-order valence-corrected chi connectivity index (χ2v) is 51.7. The van der Waals surface area contributed by atoms with Crippen LogP contribution in [0.4, 0.5) is 0 Å². The van der Waals surface area contributed by atoms with Crippen LogP contribution in [0.15, 0.2) is 262 Å². The summed E-state index contributed by atoms with van der Waals surface area (Å²) < 4.78 is 235. The fourth-order valence-electron chi connectivity index (χ4n) is 13.0. The van der Waals surface area contributed by atoms with Gasteiger partial charge in [0.25, 0.3) is 0 Å². The number of hydrogen-bond acceptors (Lipinski definition) is 18. The summed E-state index contributed by atoms with van der Waals surface area (Å²) in [5.74, 6) is 1.25. The number of unbranched alkanes of at least 4 members (excludes halogenated alkanes) is 10. The molecule has 1 aliphatic carbocycles. The summed E-state index contributed by atoms with van der Waals surface area (Å²) in [4.78, 5) is 3.03. The van der Waals surface area contributed by atoms with E-state index in [1.807, 2.05) is 139 Å². The van der Waals surface area contributed by atoms with Crippen LogP contribution in [0.1, 0.15) is 254 Å². The van der Waals surface area contributed by atoms with Crippen LogP contribution in [0.2, 0.25) is 0 Å². The van der Waals surface area contributed by atoms with Crippen molar-refractivity contribution in [2.24, 2.45) is 17.8 Å². The van der Waals surface area contributed by atoms with Gasteiger partial charge in [0.15, 0.2) is 0 Å². The summed E-state index contributed by atoms with van der Waals surface area (Å²) in [6.07, 6.45) is 24.3. The summed E-state index contributed by atoms with van der Waals surface area (Å²) in [6.45, 7) is 39.7. The summed E-state index contributed by atoms with van der Waals surface area (Å²) in [5.41, 5.74) is 9.52. The molecule has 0 spiro atoms. The zero-order chi connectivity index (χ0) is 107. The molecule has 9 N–H and O–H groups in total. The van der Waals surface area contributed by atoms with E-state index in [0.717, 1.165) is 134 Å². The summed E-state index contributed by atoms with van der Waals surface area (Å²) in [6, 6.07) is 61.8. The van der Waals surface area contributed by atoms with E-state index in [9.17, 15) is 75.8 Å². The molecule has 0 radical (unpaired) electrons. The van der Waals surface area contributed by atoms with Crippen LogP contribution in [0.25, 0.3) is 0 Å². The Morgan fingerprint density at radius 1 is 0.239 bits per heavy atom. The van der Waals surface area contributed by atoms with Gasteiger partial charge in [-0.15, -0.1) is 0 Å². The predicted octanol–water partition coefficient (Wildman–Crippen LogP) is 20.7. The van der Waals surface area contributed by atoms with Crippen LogP contribution >= 0.6 is 0 Å². The Balaban J connectivity index is 0.000000542. The molecule has 0 bridgehead atoms. The molecule has 0 saturated heterocycles. The largest absolute Gasteiger partial charge is 0.240 e. The topological polar surface area (TPSA) is 416 Å². The molecule has 9 aromatic rings. The van der Waals surface area contributed by atoms with E-state index < -0.39 is 90.2 Å². The molecule has 10 rings (SSSR count). The van der Waals surface area contributed by atoms with Gasteiger partial charge in [-0.1, -0.05) is 318 Å². The van der Waals surface area contributed by atoms with E-state index in [1.54, 1.807) is 177 Å². The van der Waals surface area contributed by atoms with Gasteiger partial charge in [0.1, 0.15) is 0 Å². The van der Waals surface area contributed by atoms with Gasteiger partial charge < -0.3 is 0 Å². The monoisotopic (exact) mass is 2140 g/mol. The normalized spacial score (nSPS) is 12.7. The Kier molecular flexibility index (Phi) is 62.9. The van der Waals surface area contributed by atoms with Crippen molar-refractivity contribution in [3.8, 4) is 0 Å². The van der Waals surface area contributed by atoms with Crippen molar-refractivity contribution in [1.82, 2.24) is 42.5 Å². The molecular weight excluding hydrogens is 1980 g/mol. The number of nitrogens with one attached hydrogen (secondary N) is 9. The van der Waals surface area contributed by atoms with Crippen LogP contribution in [0.3, 0.4) is 0 Å². The minimum absolute atomic E-state index is 0.301. The number of benzene rings is 9. The van der Waals surface area contributed by atoms with E-state index in [1.165, 1.54) is 64.8 Å². The smallest absolute Gasteiger partial charge is 0.214 e. The van der Waals surface area contributed by atoms with Gasteiger partial charge in [0, 0.05) is 52.4 Å². The average Bonchev–Trinajstić information content (AvgIpc) is 0.925. The van der Waals surface area contributed by atoms with Crippen LogP contribution < -0.4 is 42.5 Å². The molecule has 1 atom stereocenters. The Morgan fingerprint density at radius 2 is 0.465 bits per heavy atom. The molecule has 0 aromatic heterocycles. The molecule has 1 fully saturated rings. The lowest BCUT2D eigenvalue weighted by Crippen LogP contribution is -2.30. The second-order valence-electron chi connectivity index (χ2n) is 35.7. The highest BCUT2D eigenvalue weighted by Gasteiger charge is 2.23. The fourth-order valence-corrected chi connectivity index (χ4v) is 22.6. The SMILES string of the molecule is CCCCC(CC)CNS(=O)(=O)c1ccc(C)cc1.CCCCCCCNS(=O)(=O)c1ccc(C)cc1.CCCCCCCNS(=O)(=O)c1ccc(C)cc1.CCCCNS(=O)(=O)c1ccc(C)cc1.CCCNS(=O)(=O)c1ccc(C)cc1.CCNS(=O)(=O)c1ccc(C)cc1.CNS(=O)(=O)c1ccc(C)cc1.Cc1ccc(S(=O)(=O)NCC(C)C)cc1.Cc1ccc(S(=O)(=O)NCC2CCCCC2)cc1. The highest BCUT2D eigenvalue weighted by Crippen LogP contribution is 2.25. The van der Waals surface area contributed by atoms with Crippen molar-refractivity contribution < 1.29 is 75.8 Å². The maximum absolute atomic E-state index is 12.1. The van der Waals surface area contributed by atoms with E-state index in [2.05, 4.69) is 70.2 Å². The van der Waals surface area contributed by atoms with Gasteiger partial charge in [0.2, 0.25) is 90.2 Å². The molecule has 36 heteroatoms. The quantitative estimate of drug-likeness (QED) is 0.0160. The fraction of sp³-hybridized carbons (Fsp3) is 0.491. The maximum atomic E-state index is 12.1. The molecule has 0 heterocycles. The molecule has 1 unspecified atom stereocenters. The lowest BCUT2D eigenvalue weighted by Gasteiger charge is -2.21. The lowest BCUT2D eigenvalue weighted by atomic mass is 9.90. The van der Waals surface area contributed by atoms with Gasteiger partial charge in [-0.2, -0.15) is 0 Å². The molecule has 1 saturated carbocycles. The minimum atomic E-state index is -3.36. The van der Waals surface area contributed by atoms with Crippen molar-refractivity contribution in [3.05, 3.63) is 268 Å². The first kappa shape index (κ1) is 130. The Bertz CT molecular complexity index is 6030. The molecule has 27 nitrogen and oxygen atoms in total. The third kappa shape index (κ3) is 54.6. The summed E-state index contributed by atoms with van der Waals surface area (Å²) in [5, 5.41) is 0. The third-order valence-corrected chi connectivity index (χ3v) is 35.4. The van der Waals surface area contributed by atoms with Gasteiger partial charge >= 0.3 is 0 Å².